The fraction of sp³-hybridized carbons (Fsp3) is 0.200. The number of sulfonamides is 1. The van der Waals surface area contributed by atoms with E-state index >= 15 is 0 Å². The Morgan fingerprint density at radius 2 is 2.17 bits per heavy atom. The first-order valence-electron chi connectivity index (χ1n) is 4.72. The van der Waals surface area contributed by atoms with Gasteiger partial charge in [0.15, 0.2) is 5.25 Å². The van der Waals surface area contributed by atoms with E-state index in [-0.39, 0.29) is 5.56 Å². The molecule has 0 aliphatic rings. The molecule has 0 aliphatic carbocycles. The number of hydrogen-bond acceptors (Lipinski definition) is 4. The highest BCUT2D eigenvalue weighted by Gasteiger charge is 2.28. The van der Waals surface area contributed by atoms with Crippen LogP contribution in [0.1, 0.15) is 12.5 Å². The van der Waals surface area contributed by atoms with Gasteiger partial charge in [0, 0.05) is 0 Å². The summed E-state index contributed by atoms with van der Waals surface area (Å²) in [6, 6.07) is 4.81. The molecule has 0 amide bonds. The van der Waals surface area contributed by atoms with Gasteiger partial charge in [0.25, 0.3) is 0 Å². The SMILES string of the molecule is CC(C(=O)O)S(=O)(=O)Nc1ccc(C#N)cc1F. The molecule has 0 aliphatic heterocycles. The van der Waals surface area contributed by atoms with Crippen LogP contribution in [-0.2, 0) is 14.8 Å². The third-order valence-electron chi connectivity index (χ3n) is 2.16. The minimum Gasteiger partial charge on any atom is -0.480 e. The van der Waals surface area contributed by atoms with Gasteiger partial charge in [-0.05, 0) is 25.1 Å². The van der Waals surface area contributed by atoms with Crippen molar-refractivity contribution in [2.75, 3.05) is 4.72 Å². The van der Waals surface area contributed by atoms with Crippen LogP contribution in [0.5, 0.6) is 0 Å². The number of rotatable bonds is 4. The van der Waals surface area contributed by atoms with Crippen molar-refractivity contribution >= 4 is 21.7 Å². The van der Waals surface area contributed by atoms with Gasteiger partial charge < -0.3 is 5.11 Å². The largest absolute Gasteiger partial charge is 0.480 e. The molecule has 0 radical (unpaired) electrons. The van der Waals surface area contributed by atoms with Crippen molar-refractivity contribution < 1.29 is 22.7 Å². The van der Waals surface area contributed by atoms with Crippen molar-refractivity contribution in [1.82, 2.24) is 0 Å². The van der Waals surface area contributed by atoms with Crippen LogP contribution in [-0.4, -0.2) is 24.7 Å². The summed E-state index contributed by atoms with van der Waals surface area (Å²) in [5.74, 6) is -2.49. The Hall–Kier alpha value is -2.14. The molecule has 1 aromatic rings. The molecule has 0 heterocycles. The zero-order chi connectivity index (χ0) is 13.9. The van der Waals surface area contributed by atoms with E-state index in [1.54, 1.807) is 6.07 Å². The third-order valence-corrected chi connectivity index (χ3v) is 3.80. The van der Waals surface area contributed by atoms with Crippen LogP contribution in [0.15, 0.2) is 18.2 Å². The van der Waals surface area contributed by atoms with Gasteiger partial charge in [0.05, 0.1) is 17.3 Å². The van der Waals surface area contributed by atoms with Crippen molar-refractivity contribution in [1.29, 1.82) is 5.26 Å². The Balaban J connectivity index is 3.06. The number of carboxylic acids is 1. The Kier molecular flexibility index (Phi) is 3.88. The van der Waals surface area contributed by atoms with Crippen LogP contribution < -0.4 is 4.72 Å². The van der Waals surface area contributed by atoms with Gasteiger partial charge in [-0.1, -0.05) is 0 Å². The summed E-state index contributed by atoms with van der Waals surface area (Å²) < 4.78 is 38.3. The minimum atomic E-state index is -4.23. The molecule has 2 N–H and O–H groups in total. The fourth-order valence-electron chi connectivity index (χ4n) is 1.04. The number of nitriles is 1. The highest BCUT2D eigenvalue weighted by molar-refractivity contribution is 7.94. The summed E-state index contributed by atoms with van der Waals surface area (Å²) in [5.41, 5.74) is -0.371. The lowest BCUT2D eigenvalue weighted by molar-refractivity contribution is -0.136. The first kappa shape index (κ1) is 13.9. The normalized spacial score (nSPS) is 12.5. The molecule has 6 nitrogen and oxygen atoms in total. The molecule has 0 aromatic heterocycles. The highest BCUT2D eigenvalue weighted by atomic mass is 32.2. The number of halogens is 1. The summed E-state index contributed by atoms with van der Waals surface area (Å²) in [6.07, 6.45) is 0. The van der Waals surface area contributed by atoms with Crippen molar-refractivity contribution in [3.63, 3.8) is 0 Å². The zero-order valence-corrected chi connectivity index (χ0v) is 10.0. The maximum absolute atomic E-state index is 13.4. The molecule has 0 bridgehead atoms. The van der Waals surface area contributed by atoms with Crippen molar-refractivity contribution in [3.05, 3.63) is 29.6 Å². The Morgan fingerprint density at radius 3 is 2.61 bits per heavy atom. The van der Waals surface area contributed by atoms with Crippen LogP contribution in [0, 0.1) is 17.1 Å². The number of carboxylic acid groups (broad SMARTS) is 1. The average Bonchev–Trinajstić information content (AvgIpc) is 2.30. The van der Waals surface area contributed by atoms with Crippen molar-refractivity contribution in [3.8, 4) is 6.07 Å². The molecular weight excluding hydrogens is 263 g/mol. The van der Waals surface area contributed by atoms with Gasteiger partial charge in [-0.3, -0.25) is 9.52 Å². The van der Waals surface area contributed by atoms with Crippen LogP contribution in [0.25, 0.3) is 0 Å². The number of hydrogen-bond donors (Lipinski definition) is 2. The van der Waals surface area contributed by atoms with Gasteiger partial charge >= 0.3 is 5.97 Å². The first-order valence-corrected chi connectivity index (χ1v) is 6.26. The lowest BCUT2D eigenvalue weighted by Gasteiger charge is -2.11. The minimum absolute atomic E-state index is 0.0294. The van der Waals surface area contributed by atoms with Gasteiger partial charge in [-0.2, -0.15) is 5.26 Å². The lowest BCUT2D eigenvalue weighted by atomic mass is 10.2. The molecule has 96 valence electrons. The highest BCUT2D eigenvalue weighted by Crippen LogP contribution is 2.18. The van der Waals surface area contributed by atoms with Crippen LogP contribution >= 0.6 is 0 Å². The van der Waals surface area contributed by atoms with E-state index in [1.807, 2.05) is 4.72 Å². The maximum atomic E-state index is 13.4. The average molecular weight is 272 g/mol. The summed E-state index contributed by atoms with van der Waals surface area (Å²) in [7, 11) is -4.23. The zero-order valence-electron chi connectivity index (χ0n) is 9.21. The predicted molar refractivity (Wildman–Crippen MR) is 60.8 cm³/mol. The van der Waals surface area contributed by atoms with Gasteiger partial charge in [0.2, 0.25) is 10.0 Å². The monoisotopic (exact) mass is 272 g/mol. The van der Waals surface area contributed by atoms with Crippen molar-refractivity contribution in [2.24, 2.45) is 0 Å². The van der Waals surface area contributed by atoms with E-state index < -0.39 is 32.7 Å². The molecule has 1 atom stereocenters. The van der Waals surface area contributed by atoms with Gasteiger partial charge in [0.1, 0.15) is 5.82 Å². The van der Waals surface area contributed by atoms with E-state index in [1.165, 1.54) is 6.07 Å². The first-order chi connectivity index (χ1) is 8.27. The molecule has 18 heavy (non-hydrogen) atoms. The summed E-state index contributed by atoms with van der Waals surface area (Å²) in [4.78, 5) is 10.6. The number of nitrogens with zero attached hydrogens (tertiary/aromatic N) is 1. The molecule has 0 spiro atoms. The van der Waals surface area contributed by atoms with Gasteiger partial charge in [-0.15, -0.1) is 0 Å². The quantitative estimate of drug-likeness (QED) is 0.847. The van der Waals surface area contributed by atoms with Crippen LogP contribution in [0.4, 0.5) is 10.1 Å². The van der Waals surface area contributed by atoms with E-state index in [2.05, 4.69) is 0 Å². The van der Waals surface area contributed by atoms with E-state index in [9.17, 15) is 17.6 Å². The molecule has 0 saturated heterocycles. The Morgan fingerprint density at radius 1 is 1.56 bits per heavy atom. The number of anilines is 1. The molecule has 1 rings (SSSR count). The number of nitrogens with one attached hydrogen (secondary N) is 1. The second-order valence-corrected chi connectivity index (χ2v) is 5.44. The van der Waals surface area contributed by atoms with Crippen LogP contribution in [0.3, 0.4) is 0 Å². The third kappa shape index (κ3) is 2.95. The number of carbonyl (C=O) groups is 1. The number of aliphatic carboxylic acids is 1. The standard InChI is InChI=1S/C10H9FN2O4S/c1-6(10(14)15)18(16,17)13-9-3-2-7(5-12)4-8(9)11/h2-4,6,13H,1H3,(H,14,15). The predicted octanol–water partition coefficient (Wildman–Crippen LogP) is 0.912. The summed E-state index contributed by atoms with van der Waals surface area (Å²) >= 11 is 0. The van der Waals surface area contributed by atoms with Gasteiger partial charge in [-0.25, -0.2) is 12.8 Å². The summed E-state index contributed by atoms with van der Waals surface area (Å²) in [6.45, 7) is 0.965. The molecular formula is C10H9FN2O4S. The van der Waals surface area contributed by atoms with Crippen molar-refractivity contribution in [2.45, 2.75) is 12.2 Å². The summed E-state index contributed by atoms with van der Waals surface area (Å²) in [5, 5.41) is 15.4. The maximum Gasteiger partial charge on any atom is 0.323 e. The molecule has 0 fully saturated rings. The van der Waals surface area contributed by atoms with E-state index in [0.29, 0.717) is 0 Å². The van der Waals surface area contributed by atoms with E-state index in [4.69, 9.17) is 10.4 Å². The fourth-order valence-corrected chi connectivity index (χ4v) is 1.96. The topological polar surface area (TPSA) is 107 Å². The smallest absolute Gasteiger partial charge is 0.323 e. The second-order valence-electron chi connectivity index (χ2n) is 3.43. The van der Waals surface area contributed by atoms with Crippen LogP contribution in [0.2, 0.25) is 0 Å². The van der Waals surface area contributed by atoms with E-state index in [0.717, 1.165) is 19.1 Å². The Bertz CT molecular complexity index is 621. The molecule has 0 saturated carbocycles. The lowest BCUT2D eigenvalue weighted by Crippen LogP contribution is -2.32. The molecule has 1 unspecified atom stereocenters. The number of benzene rings is 1. The Labute approximate surface area is 103 Å². The second kappa shape index (κ2) is 5.01. The molecule has 8 heteroatoms. The molecule has 1 aromatic carbocycles.